The third-order valence-electron chi connectivity index (χ3n) is 4.57. The predicted molar refractivity (Wildman–Crippen MR) is 101 cm³/mol. The molecule has 0 aliphatic carbocycles. The number of anilines is 1. The average Bonchev–Trinajstić information content (AvgIpc) is 2.82. The molecule has 0 atom stereocenters. The molecule has 1 aliphatic rings. The summed E-state index contributed by atoms with van der Waals surface area (Å²) < 4.78 is 6.18. The number of rotatable bonds is 3. The molecule has 0 saturated heterocycles. The van der Waals surface area contributed by atoms with Gasteiger partial charge in [0.1, 0.15) is 12.4 Å². The highest BCUT2D eigenvalue weighted by molar-refractivity contribution is 6.02. The molecule has 1 aliphatic heterocycles. The van der Waals surface area contributed by atoms with E-state index in [9.17, 15) is 0 Å². The SMILES string of the molecule is C=C1CCCNc2cc(OCc3ccccc3)c3ccccc3c21. The first-order valence-corrected chi connectivity index (χ1v) is 8.47. The minimum absolute atomic E-state index is 0.574. The second-order valence-electron chi connectivity index (χ2n) is 6.25. The Kier molecular flexibility index (Phi) is 3.96. The number of allylic oxidation sites excluding steroid dienone is 1. The molecule has 0 saturated carbocycles. The van der Waals surface area contributed by atoms with Crippen LogP contribution in [-0.2, 0) is 6.61 Å². The third kappa shape index (κ3) is 2.76. The normalized spacial score (nSPS) is 13.9. The van der Waals surface area contributed by atoms with Crippen molar-refractivity contribution in [2.75, 3.05) is 11.9 Å². The largest absolute Gasteiger partial charge is 0.488 e. The van der Waals surface area contributed by atoms with E-state index in [4.69, 9.17) is 4.74 Å². The fraction of sp³-hybridized carbons (Fsp3) is 0.182. The molecule has 2 heteroatoms. The fourth-order valence-corrected chi connectivity index (χ4v) is 3.37. The van der Waals surface area contributed by atoms with E-state index < -0.39 is 0 Å². The number of ether oxygens (including phenoxy) is 1. The van der Waals surface area contributed by atoms with E-state index in [2.05, 4.69) is 54.4 Å². The first-order valence-electron chi connectivity index (χ1n) is 8.47. The highest BCUT2D eigenvalue weighted by Gasteiger charge is 2.17. The fourth-order valence-electron chi connectivity index (χ4n) is 3.37. The Labute approximate surface area is 142 Å². The minimum Gasteiger partial charge on any atom is -0.488 e. The van der Waals surface area contributed by atoms with Crippen molar-refractivity contribution in [2.45, 2.75) is 19.4 Å². The van der Waals surface area contributed by atoms with Crippen LogP contribution in [0.5, 0.6) is 5.75 Å². The first kappa shape index (κ1) is 14.8. The Balaban J connectivity index is 1.78. The Morgan fingerprint density at radius 1 is 0.958 bits per heavy atom. The van der Waals surface area contributed by atoms with Crippen molar-refractivity contribution in [2.24, 2.45) is 0 Å². The maximum Gasteiger partial charge on any atom is 0.129 e. The Bertz CT molecular complexity index is 883. The maximum atomic E-state index is 6.18. The maximum absolute atomic E-state index is 6.18. The van der Waals surface area contributed by atoms with Gasteiger partial charge in [0.15, 0.2) is 0 Å². The average molecular weight is 315 g/mol. The van der Waals surface area contributed by atoms with Crippen LogP contribution in [0, 0.1) is 0 Å². The van der Waals surface area contributed by atoms with Crippen LogP contribution >= 0.6 is 0 Å². The van der Waals surface area contributed by atoms with Crippen molar-refractivity contribution in [3.05, 3.63) is 78.4 Å². The lowest BCUT2D eigenvalue weighted by Crippen LogP contribution is -2.02. The van der Waals surface area contributed by atoms with Crippen LogP contribution in [0.15, 0.2) is 67.2 Å². The third-order valence-corrected chi connectivity index (χ3v) is 4.57. The highest BCUT2D eigenvalue weighted by atomic mass is 16.5. The van der Waals surface area contributed by atoms with Gasteiger partial charge in [0.2, 0.25) is 0 Å². The van der Waals surface area contributed by atoms with Crippen molar-refractivity contribution in [3.63, 3.8) is 0 Å². The van der Waals surface area contributed by atoms with E-state index in [-0.39, 0.29) is 0 Å². The zero-order chi connectivity index (χ0) is 16.4. The molecule has 3 aromatic rings. The summed E-state index contributed by atoms with van der Waals surface area (Å²) in [5, 5.41) is 5.92. The van der Waals surface area contributed by atoms with E-state index in [1.54, 1.807) is 0 Å². The standard InChI is InChI=1S/C22H21NO/c1-16-8-7-13-23-20-14-21(24-15-17-9-3-2-4-10-17)18-11-5-6-12-19(18)22(16)20/h2-6,9-12,14,23H,1,7-8,13,15H2. The van der Waals surface area contributed by atoms with Crippen molar-refractivity contribution < 1.29 is 4.74 Å². The van der Waals surface area contributed by atoms with Gasteiger partial charge in [-0.2, -0.15) is 0 Å². The second kappa shape index (κ2) is 6.40. The molecular formula is C22H21NO. The molecule has 0 bridgehead atoms. The number of hydrogen-bond acceptors (Lipinski definition) is 2. The first-order chi connectivity index (χ1) is 11.8. The summed E-state index contributed by atoms with van der Waals surface area (Å²) in [5.41, 5.74) is 4.77. The summed E-state index contributed by atoms with van der Waals surface area (Å²) in [6.45, 7) is 5.86. The molecule has 1 N–H and O–H groups in total. The van der Waals surface area contributed by atoms with Crippen LogP contribution in [0.2, 0.25) is 0 Å². The van der Waals surface area contributed by atoms with Crippen LogP contribution in [0.4, 0.5) is 5.69 Å². The van der Waals surface area contributed by atoms with Crippen LogP contribution < -0.4 is 10.1 Å². The monoisotopic (exact) mass is 315 g/mol. The van der Waals surface area contributed by atoms with Gasteiger partial charge in [-0.05, 0) is 29.4 Å². The van der Waals surface area contributed by atoms with Crippen LogP contribution in [0.1, 0.15) is 24.0 Å². The van der Waals surface area contributed by atoms with E-state index in [1.165, 1.54) is 22.1 Å². The van der Waals surface area contributed by atoms with Gasteiger partial charge in [0.25, 0.3) is 0 Å². The minimum atomic E-state index is 0.574. The molecule has 4 rings (SSSR count). The number of hydrogen-bond donors (Lipinski definition) is 1. The molecule has 24 heavy (non-hydrogen) atoms. The predicted octanol–water partition coefficient (Wildman–Crippen LogP) is 5.64. The van der Waals surface area contributed by atoms with Gasteiger partial charge in [-0.3, -0.25) is 0 Å². The van der Waals surface area contributed by atoms with E-state index >= 15 is 0 Å². The van der Waals surface area contributed by atoms with Crippen molar-refractivity contribution in [1.82, 2.24) is 0 Å². The summed E-state index contributed by atoms with van der Waals surface area (Å²) in [7, 11) is 0. The van der Waals surface area contributed by atoms with Gasteiger partial charge in [0.05, 0.1) is 0 Å². The van der Waals surface area contributed by atoms with Crippen molar-refractivity contribution >= 4 is 22.0 Å². The van der Waals surface area contributed by atoms with Crippen LogP contribution in [0.25, 0.3) is 16.3 Å². The van der Waals surface area contributed by atoms with Crippen molar-refractivity contribution in [1.29, 1.82) is 0 Å². The molecule has 1 heterocycles. The zero-order valence-electron chi connectivity index (χ0n) is 13.7. The molecule has 0 spiro atoms. The van der Waals surface area contributed by atoms with Crippen molar-refractivity contribution in [3.8, 4) is 5.75 Å². The molecule has 0 amide bonds. The van der Waals surface area contributed by atoms with Gasteiger partial charge in [0, 0.05) is 29.2 Å². The zero-order valence-corrected chi connectivity index (χ0v) is 13.7. The lowest BCUT2D eigenvalue weighted by atomic mass is 9.95. The molecule has 0 fully saturated rings. The van der Waals surface area contributed by atoms with Gasteiger partial charge >= 0.3 is 0 Å². The van der Waals surface area contributed by atoms with Crippen LogP contribution in [-0.4, -0.2) is 6.54 Å². The molecule has 0 aromatic heterocycles. The summed E-state index contributed by atoms with van der Waals surface area (Å²) in [6, 6.07) is 20.9. The Morgan fingerprint density at radius 3 is 2.54 bits per heavy atom. The number of fused-ring (bicyclic) bond motifs is 3. The molecule has 2 nitrogen and oxygen atoms in total. The van der Waals surface area contributed by atoms with Crippen LogP contribution in [0.3, 0.4) is 0 Å². The van der Waals surface area contributed by atoms with Gasteiger partial charge in [-0.1, -0.05) is 61.2 Å². The second-order valence-corrected chi connectivity index (χ2v) is 6.25. The Hall–Kier alpha value is -2.74. The smallest absolute Gasteiger partial charge is 0.129 e. The number of benzene rings is 3. The van der Waals surface area contributed by atoms with E-state index in [0.29, 0.717) is 6.61 Å². The Morgan fingerprint density at radius 2 is 1.71 bits per heavy atom. The lowest BCUT2D eigenvalue weighted by molar-refractivity contribution is 0.310. The molecule has 0 unspecified atom stereocenters. The van der Waals surface area contributed by atoms with Gasteiger partial charge < -0.3 is 10.1 Å². The molecule has 0 radical (unpaired) electrons. The molecule has 3 aromatic carbocycles. The topological polar surface area (TPSA) is 21.3 Å². The van der Waals surface area contributed by atoms with E-state index in [1.807, 2.05) is 18.2 Å². The van der Waals surface area contributed by atoms with Gasteiger partial charge in [-0.25, -0.2) is 0 Å². The van der Waals surface area contributed by atoms with E-state index in [0.717, 1.165) is 36.2 Å². The lowest BCUT2D eigenvalue weighted by Gasteiger charge is -2.17. The summed E-state index contributed by atoms with van der Waals surface area (Å²) >= 11 is 0. The number of nitrogens with one attached hydrogen (secondary N) is 1. The summed E-state index contributed by atoms with van der Waals surface area (Å²) in [4.78, 5) is 0. The summed E-state index contributed by atoms with van der Waals surface area (Å²) in [6.07, 6.45) is 2.15. The molecular weight excluding hydrogens is 294 g/mol. The summed E-state index contributed by atoms with van der Waals surface area (Å²) in [5.74, 6) is 0.926. The molecule has 120 valence electrons. The quantitative estimate of drug-likeness (QED) is 0.675. The highest BCUT2D eigenvalue weighted by Crippen LogP contribution is 2.40. The van der Waals surface area contributed by atoms with Gasteiger partial charge in [-0.15, -0.1) is 0 Å².